The van der Waals surface area contributed by atoms with Crippen molar-refractivity contribution in [2.45, 2.75) is 71.1 Å². The molecular weight excluding hydrogens is 678 g/mol. The van der Waals surface area contributed by atoms with Crippen LogP contribution in [0.3, 0.4) is 0 Å². The highest BCUT2D eigenvalue weighted by molar-refractivity contribution is 5.70. The summed E-state index contributed by atoms with van der Waals surface area (Å²) in [7, 11) is 1.56. The van der Waals surface area contributed by atoms with E-state index in [4.69, 9.17) is 0 Å². The molecule has 1 N–H and O–H groups in total. The van der Waals surface area contributed by atoms with Crippen LogP contribution in [0, 0.1) is 18.8 Å². The number of rotatable bonds is 13. The number of halogens is 6. The first-order chi connectivity index (χ1) is 24.1. The van der Waals surface area contributed by atoms with Gasteiger partial charge in [-0.2, -0.15) is 18.0 Å². The molecule has 0 radical (unpaired) electrons. The number of hydrogen-bond acceptors (Lipinski definition) is 7. The number of hydrogen-bond donors (Lipinski definition) is 1. The van der Waals surface area contributed by atoms with Crippen LogP contribution < -0.4 is 14.5 Å². The molecule has 9 nitrogen and oxygen atoms in total. The van der Waals surface area contributed by atoms with Crippen molar-refractivity contribution in [1.29, 1.82) is 0 Å². The second kappa shape index (κ2) is 15.6. The summed E-state index contributed by atoms with van der Waals surface area (Å²) < 4.78 is 86.4. The lowest BCUT2D eigenvalue weighted by molar-refractivity contribution is -0.274. The smallest absolute Gasteiger partial charge is 0.481 e. The molecule has 1 unspecified atom stereocenters. The minimum atomic E-state index is -4.95. The summed E-state index contributed by atoms with van der Waals surface area (Å²) in [6.07, 6.45) is -6.97. The van der Waals surface area contributed by atoms with Gasteiger partial charge in [-0.25, -0.2) is 0 Å². The molecule has 4 aromatic rings. The van der Waals surface area contributed by atoms with Gasteiger partial charge in [0, 0.05) is 25.3 Å². The fourth-order valence-corrected chi connectivity index (χ4v) is 6.84. The molecule has 1 aliphatic rings. The number of aliphatic carboxylic acids is 1. The average molecular weight is 719 g/mol. The number of benzene rings is 3. The second-order valence-corrected chi connectivity index (χ2v) is 13.0. The maximum absolute atomic E-state index is 13.9. The van der Waals surface area contributed by atoms with Crippen LogP contribution >= 0.6 is 0 Å². The van der Waals surface area contributed by atoms with Gasteiger partial charge in [-0.05, 0) is 104 Å². The zero-order valence-electron chi connectivity index (χ0n) is 28.5. The Balaban J connectivity index is 1.59. The average Bonchev–Trinajstić information content (AvgIpc) is 3.50. The summed E-state index contributed by atoms with van der Waals surface area (Å²) >= 11 is 0. The zero-order chi connectivity index (χ0) is 36.9. The van der Waals surface area contributed by atoms with Crippen molar-refractivity contribution in [2.24, 2.45) is 18.9 Å². The lowest BCUT2D eigenvalue weighted by Crippen LogP contribution is -2.35. The van der Waals surface area contributed by atoms with Gasteiger partial charge in [-0.3, -0.25) is 4.79 Å². The molecule has 0 bridgehead atoms. The van der Waals surface area contributed by atoms with E-state index in [-0.39, 0.29) is 24.8 Å². The quantitative estimate of drug-likeness (QED) is 0.139. The van der Waals surface area contributed by atoms with Gasteiger partial charge < -0.3 is 19.6 Å². The molecule has 3 aromatic carbocycles. The predicted molar refractivity (Wildman–Crippen MR) is 178 cm³/mol. The first kappa shape index (κ1) is 37.4. The molecule has 0 spiro atoms. The number of anilines is 2. The van der Waals surface area contributed by atoms with Crippen LogP contribution in [0.15, 0.2) is 66.7 Å². The molecule has 15 heteroatoms. The van der Waals surface area contributed by atoms with E-state index in [1.807, 2.05) is 19.1 Å². The van der Waals surface area contributed by atoms with Crippen LogP contribution in [0.1, 0.15) is 66.5 Å². The van der Waals surface area contributed by atoms with Gasteiger partial charge in [-0.1, -0.05) is 47.1 Å². The number of tetrazole rings is 1. The topological polar surface area (TPSA) is 96.6 Å². The fraction of sp³-hybridized carbons (Fsp3) is 0.444. The van der Waals surface area contributed by atoms with Gasteiger partial charge in [0.2, 0.25) is 0 Å². The summed E-state index contributed by atoms with van der Waals surface area (Å²) in [5.74, 6) is -1.35. The molecule has 1 saturated carbocycles. The van der Waals surface area contributed by atoms with E-state index in [0.29, 0.717) is 66.7 Å². The highest BCUT2D eigenvalue weighted by Crippen LogP contribution is 2.38. The molecule has 1 atom stereocenters. The zero-order valence-corrected chi connectivity index (χ0v) is 28.5. The molecule has 51 heavy (non-hydrogen) atoms. The highest BCUT2D eigenvalue weighted by Gasteiger charge is 2.34. The number of alkyl halides is 6. The van der Waals surface area contributed by atoms with Gasteiger partial charge >= 0.3 is 18.5 Å². The van der Waals surface area contributed by atoms with Crippen molar-refractivity contribution in [3.63, 3.8) is 0 Å². The molecule has 0 aliphatic heterocycles. The van der Waals surface area contributed by atoms with Crippen molar-refractivity contribution >= 4 is 17.6 Å². The Morgan fingerprint density at radius 2 is 1.71 bits per heavy atom. The van der Waals surface area contributed by atoms with Crippen LogP contribution in [0.4, 0.5) is 38.0 Å². The highest BCUT2D eigenvalue weighted by atomic mass is 19.4. The first-order valence-electron chi connectivity index (χ1n) is 16.7. The molecule has 1 aromatic heterocycles. The van der Waals surface area contributed by atoms with Crippen molar-refractivity contribution in [1.82, 2.24) is 20.2 Å². The first-order valence-corrected chi connectivity index (χ1v) is 16.7. The lowest BCUT2D eigenvalue weighted by Gasteiger charge is -2.36. The largest absolute Gasteiger partial charge is 0.573 e. The monoisotopic (exact) mass is 718 g/mol. The van der Waals surface area contributed by atoms with Crippen LogP contribution in [0.2, 0.25) is 0 Å². The van der Waals surface area contributed by atoms with Crippen LogP contribution in [-0.2, 0) is 31.0 Å². The third kappa shape index (κ3) is 9.91. The Morgan fingerprint density at radius 3 is 2.29 bits per heavy atom. The minimum absolute atomic E-state index is 0.0597. The molecule has 1 heterocycles. The summed E-state index contributed by atoms with van der Waals surface area (Å²) in [4.78, 5) is 16.6. The standard InChI is InChI=1S/C36H40F6N6O3/c1-4-47(21-24-10-12-27(13-11-24)33(49)50)31-15-14-30(51-36(40,41)42)20-28(31)22-48(34-43-45-46(3)44-34)32(26-8-6-5-7-9-26)19-25-16-23(2)17-29(18-25)35(37,38)39/h5-9,14-18,20,24,27,32H,4,10-13,19,21-22H2,1-3H3,(H,49,50). The Hall–Kier alpha value is -4.82. The maximum atomic E-state index is 13.9. The van der Waals surface area contributed by atoms with Crippen molar-refractivity contribution < 1.29 is 41.0 Å². The van der Waals surface area contributed by atoms with Gasteiger partial charge in [-0.15, -0.1) is 18.3 Å². The summed E-state index contributed by atoms with van der Waals surface area (Å²) in [6.45, 7) is 4.50. The lowest BCUT2D eigenvalue weighted by atomic mass is 9.81. The SMILES string of the molecule is CCN(CC1CCC(C(=O)O)CC1)c1ccc(OC(F)(F)F)cc1CN(c1nnn(C)n1)C(Cc1cc(C)cc(C(F)(F)F)c1)c1ccccc1. The summed E-state index contributed by atoms with van der Waals surface area (Å²) in [6, 6.07) is 16.3. The molecule has 0 saturated heterocycles. The molecular formula is C36H40F6N6O3. The normalized spacial score (nSPS) is 17.2. The Morgan fingerprint density at radius 1 is 1.00 bits per heavy atom. The van der Waals surface area contributed by atoms with E-state index < -0.39 is 41.8 Å². The van der Waals surface area contributed by atoms with E-state index >= 15 is 0 Å². The number of carboxylic acid groups (broad SMARTS) is 1. The van der Waals surface area contributed by atoms with Gasteiger partial charge in [0.15, 0.2) is 0 Å². The maximum Gasteiger partial charge on any atom is 0.573 e. The van der Waals surface area contributed by atoms with Crippen LogP contribution in [0.25, 0.3) is 0 Å². The van der Waals surface area contributed by atoms with Crippen LogP contribution in [0.5, 0.6) is 5.75 Å². The van der Waals surface area contributed by atoms with Crippen molar-refractivity contribution in [3.05, 3.63) is 94.5 Å². The number of aromatic nitrogens is 4. The third-order valence-electron chi connectivity index (χ3n) is 9.23. The fourth-order valence-electron chi connectivity index (χ4n) is 6.84. The molecule has 1 aliphatic carbocycles. The van der Waals surface area contributed by atoms with Gasteiger partial charge in [0.25, 0.3) is 5.95 Å². The van der Waals surface area contributed by atoms with E-state index in [0.717, 1.165) is 12.1 Å². The number of nitrogens with zero attached hydrogens (tertiary/aromatic N) is 6. The van der Waals surface area contributed by atoms with Gasteiger partial charge in [0.05, 0.1) is 24.6 Å². The molecule has 1 fully saturated rings. The van der Waals surface area contributed by atoms with Gasteiger partial charge in [0.1, 0.15) is 5.75 Å². The number of aryl methyl sites for hydroxylation is 2. The van der Waals surface area contributed by atoms with Crippen molar-refractivity contribution in [2.75, 3.05) is 22.9 Å². The van der Waals surface area contributed by atoms with Crippen LogP contribution in [-0.4, -0.2) is 50.7 Å². The second-order valence-electron chi connectivity index (χ2n) is 13.0. The predicted octanol–water partition coefficient (Wildman–Crippen LogP) is 8.14. The molecule has 274 valence electrons. The van der Waals surface area contributed by atoms with Crippen molar-refractivity contribution in [3.8, 4) is 5.75 Å². The summed E-state index contributed by atoms with van der Waals surface area (Å²) in [5, 5.41) is 22.1. The Kier molecular flexibility index (Phi) is 11.5. The molecule has 5 rings (SSSR count). The Labute approximate surface area is 291 Å². The third-order valence-corrected chi connectivity index (χ3v) is 9.23. The Bertz CT molecular complexity index is 1770. The van der Waals surface area contributed by atoms with E-state index in [2.05, 4.69) is 25.0 Å². The molecule has 0 amide bonds. The number of ether oxygens (including phenoxy) is 1. The van der Waals surface area contributed by atoms with E-state index in [1.54, 1.807) is 49.2 Å². The summed E-state index contributed by atoms with van der Waals surface area (Å²) in [5.41, 5.74) is 1.81. The van der Waals surface area contributed by atoms with E-state index in [1.165, 1.54) is 16.9 Å². The minimum Gasteiger partial charge on any atom is -0.481 e. The number of carbonyl (C=O) groups is 1. The van der Waals surface area contributed by atoms with E-state index in [9.17, 15) is 36.2 Å². The number of carboxylic acids is 1.